The summed E-state index contributed by atoms with van der Waals surface area (Å²) >= 11 is 3.55. The molecule has 3 rings (SSSR count). The third-order valence-corrected chi connectivity index (χ3v) is 4.40. The predicted molar refractivity (Wildman–Crippen MR) is 80.7 cm³/mol. The van der Waals surface area contributed by atoms with Gasteiger partial charge in [0.05, 0.1) is 17.0 Å². The molecule has 20 heavy (non-hydrogen) atoms. The number of nitrogens with two attached hydrogens (primary N) is 1. The lowest BCUT2D eigenvalue weighted by Gasteiger charge is -2.25. The van der Waals surface area contributed by atoms with E-state index in [1.807, 2.05) is 31.2 Å². The van der Waals surface area contributed by atoms with Crippen LogP contribution in [0.3, 0.4) is 0 Å². The Morgan fingerprint density at radius 3 is 2.75 bits per heavy atom. The fourth-order valence-electron chi connectivity index (χ4n) is 2.82. The van der Waals surface area contributed by atoms with E-state index in [0.717, 1.165) is 22.2 Å². The van der Waals surface area contributed by atoms with Crippen molar-refractivity contribution < 1.29 is 4.79 Å². The van der Waals surface area contributed by atoms with Gasteiger partial charge in [0, 0.05) is 10.9 Å². The Balaban J connectivity index is 2.05. The second kappa shape index (κ2) is 4.98. The molecule has 5 heteroatoms. The molecule has 1 atom stereocenters. The molecule has 0 aliphatic heterocycles. The SMILES string of the molecule is Cc1nc(N)nc2c1C(=O)CC(c1ccccc1Br)C2. The van der Waals surface area contributed by atoms with Crippen molar-refractivity contribution in [1.82, 2.24) is 9.97 Å². The van der Waals surface area contributed by atoms with Gasteiger partial charge in [0.2, 0.25) is 5.95 Å². The van der Waals surface area contributed by atoms with Crippen LogP contribution < -0.4 is 5.73 Å². The van der Waals surface area contributed by atoms with Crippen molar-refractivity contribution in [2.45, 2.75) is 25.7 Å². The van der Waals surface area contributed by atoms with Gasteiger partial charge in [-0.2, -0.15) is 0 Å². The normalized spacial score (nSPS) is 17.9. The minimum Gasteiger partial charge on any atom is -0.368 e. The number of nitrogen functional groups attached to an aromatic ring is 1. The smallest absolute Gasteiger partial charge is 0.220 e. The number of benzene rings is 1. The summed E-state index contributed by atoms with van der Waals surface area (Å²) in [4.78, 5) is 20.7. The Labute approximate surface area is 125 Å². The van der Waals surface area contributed by atoms with Crippen LogP contribution in [0.15, 0.2) is 28.7 Å². The first-order valence-electron chi connectivity index (χ1n) is 6.47. The van der Waals surface area contributed by atoms with Crippen molar-refractivity contribution in [3.63, 3.8) is 0 Å². The van der Waals surface area contributed by atoms with Crippen LogP contribution in [-0.4, -0.2) is 15.8 Å². The van der Waals surface area contributed by atoms with Crippen LogP contribution >= 0.6 is 15.9 Å². The van der Waals surface area contributed by atoms with Gasteiger partial charge in [-0.25, -0.2) is 9.97 Å². The van der Waals surface area contributed by atoms with Crippen molar-refractivity contribution in [2.24, 2.45) is 0 Å². The highest BCUT2D eigenvalue weighted by molar-refractivity contribution is 9.10. The molecule has 4 nitrogen and oxygen atoms in total. The van der Waals surface area contributed by atoms with E-state index in [1.54, 1.807) is 0 Å². The number of hydrogen-bond acceptors (Lipinski definition) is 4. The molecule has 0 spiro atoms. The molecule has 1 aliphatic rings. The van der Waals surface area contributed by atoms with Crippen molar-refractivity contribution in [2.75, 3.05) is 5.73 Å². The summed E-state index contributed by atoms with van der Waals surface area (Å²) in [5.74, 6) is 0.477. The van der Waals surface area contributed by atoms with Gasteiger partial charge in [-0.3, -0.25) is 4.79 Å². The number of carbonyl (C=O) groups excluding carboxylic acids is 1. The summed E-state index contributed by atoms with van der Waals surface area (Å²) in [6.07, 6.45) is 1.21. The van der Waals surface area contributed by atoms with E-state index in [0.29, 0.717) is 17.7 Å². The number of ketones is 1. The van der Waals surface area contributed by atoms with Crippen LogP contribution in [0.1, 0.15) is 39.6 Å². The molecule has 1 aromatic carbocycles. The highest BCUT2D eigenvalue weighted by Gasteiger charge is 2.30. The summed E-state index contributed by atoms with van der Waals surface area (Å²) < 4.78 is 1.03. The molecule has 1 aromatic heterocycles. The van der Waals surface area contributed by atoms with Gasteiger partial charge in [-0.15, -0.1) is 0 Å². The molecule has 2 N–H and O–H groups in total. The third kappa shape index (κ3) is 2.22. The van der Waals surface area contributed by atoms with Crippen molar-refractivity contribution >= 4 is 27.7 Å². The van der Waals surface area contributed by atoms with E-state index in [1.165, 1.54) is 0 Å². The van der Waals surface area contributed by atoms with Crippen molar-refractivity contribution in [3.8, 4) is 0 Å². The van der Waals surface area contributed by atoms with Gasteiger partial charge < -0.3 is 5.73 Å². The molecule has 1 unspecified atom stereocenters. The maximum Gasteiger partial charge on any atom is 0.220 e. The van der Waals surface area contributed by atoms with E-state index in [-0.39, 0.29) is 17.6 Å². The second-order valence-electron chi connectivity index (χ2n) is 5.04. The maximum atomic E-state index is 12.4. The van der Waals surface area contributed by atoms with Crippen LogP contribution in [-0.2, 0) is 6.42 Å². The molecule has 0 saturated carbocycles. The number of nitrogens with zero attached hydrogens (tertiary/aromatic N) is 2. The Kier molecular flexibility index (Phi) is 3.30. The Bertz CT molecular complexity index is 700. The first kappa shape index (κ1) is 13.2. The van der Waals surface area contributed by atoms with Gasteiger partial charge in [0.15, 0.2) is 5.78 Å². The van der Waals surface area contributed by atoms with Crippen LogP contribution in [0.4, 0.5) is 5.95 Å². The molecular weight excluding hydrogens is 318 g/mol. The fraction of sp³-hybridized carbons (Fsp3) is 0.267. The van der Waals surface area contributed by atoms with Gasteiger partial charge >= 0.3 is 0 Å². The quantitative estimate of drug-likeness (QED) is 0.871. The van der Waals surface area contributed by atoms with Crippen LogP contribution in [0.5, 0.6) is 0 Å². The molecule has 0 radical (unpaired) electrons. The number of aromatic nitrogens is 2. The largest absolute Gasteiger partial charge is 0.368 e. The van der Waals surface area contributed by atoms with Crippen molar-refractivity contribution in [1.29, 1.82) is 0 Å². The van der Waals surface area contributed by atoms with Crippen LogP contribution in [0, 0.1) is 6.92 Å². The van der Waals surface area contributed by atoms with Crippen LogP contribution in [0.2, 0.25) is 0 Å². The second-order valence-corrected chi connectivity index (χ2v) is 5.89. The lowest BCUT2D eigenvalue weighted by Crippen LogP contribution is -2.23. The average Bonchev–Trinajstić information content (AvgIpc) is 2.37. The number of fused-ring (bicyclic) bond motifs is 1. The highest BCUT2D eigenvalue weighted by Crippen LogP contribution is 2.36. The molecule has 1 aliphatic carbocycles. The first-order chi connectivity index (χ1) is 9.56. The summed E-state index contributed by atoms with van der Waals surface area (Å²) in [6, 6.07) is 8.00. The van der Waals surface area contributed by atoms with Crippen LogP contribution in [0.25, 0.3) is 0 Å². The van der Waals surface area contributed by atoms with Gasteiger partial charge in [-0.05, 0) is 30.9 Å². The van der Waals surface area contributed by atoms with Crippen molar-refractivity contribution in [3.05, 3.63) is 51.3 Å². The first-order valence-corrected chi connectivity index (χ1v) is 7.26. The number of carbonyl (C=O) groups is 1. The standard InChI is InChI=1S/C15H14BrN3O/c1-8-14-12(19-15(17)18-8)6-9(7-13(14)20)10-4-2-3-5-11(10)16/h2-5,9H,6-7H2,1H3,(H2,17,18,19). The molecule has 0 fully saturated rings. The monoisotopic (exact) mass is 331 g/mol. The predicted octanol–water partition coefficient (Wildman–Crippen LogP) is 3.04. The van der Waals surface area contributed by atoms with E-state index >= 15 is 0 Å². The third-order valence-electron chi connectivity index (χ3n) is 3.68. The Morgan fingerprint density at radius 2 is 2.00 bits per heavy atom. The molecule has 0 amide bonds. The molecule has 102 valence electrons. The lowest BCUT2D eigenvalue weighted by atomic mass is 9.81. The van der Waals surface area contributed by atoms with E-state index < -0.39 is 0 Å². The molecule has 0 bridgehead atoms. The minimum absolute atomic E-state index is 0.101. The Hall–Kier alpha value is -1.75. The topological polar surface area (TPSA) is 68.9 Å². The van der Waals surface area contributed by atoms with E-state index in [9.17, 15) is 4.79 Å². The summed E-state index contributed by atoms with van der Waals surface area (Å²) in [5.41, 5.74) is 8.95. The molecule has 1 heterocycles. The number of Topliss-reactive ketones (excluding diaryl/α,β-unsaturated/α-hetero) is 1. The molecule has 0 saturated heterocycles. The minimum atomic E-state index is 0.101. The molecule has 2 aromatic rings. The Morgan fingerprint density at radius 1 is 1.25 bits per heavy atom. The summed E-state index contributed by atoms with van der Waals surface area (Å²) in [7, 11) is 0. The zero-order valence-electron chi connectivity index (χ0n) is 11.1. The number of rotatable bonds is 1. The molecular formula is C15H14BrN3O. The fourth-order valence-corrected chi connectivity index (χ4v) is 3.43. The summed E-state index contributed by atoms with van der Waals surface area (Å²) in [5, 5.41) is 0. The zero-order chi connectivity index (χ0) is 14.3. The number of halogens is 1. The number of anilines is 1. The van der Waals surface area contributed by atoms with Gasteiger partial charge in [0.25, 0.3) is 0 Å². The van der Waals surface area contributed by atoms with Gasteiger partial charge in [-0.1, -0.05) is 34.1 Å². The highest BCUT2D eigenvalue weighted by atomic mass is 79.9. The average molecular weight is 332 g/mol. The number of hydrogen-bond donors (Lipinski definition) is 1. The van der Waals surface area contributed by atoms with Gasteiger partial charge in [0.1, 0.15) is 0 Å². The van der Waals surface area contributed by atoms with E-state index in [2.05, 4.69) is 25.9 Å². The van der Waals surface area contributed by atoms with E-state index in [4.69, 9.17) is 5.73 Å². The zero-order valence-corrected chi connectivity index (χ0v) is 12.6. The summed E-state index contributed by atoms with van der Waals surface area (Å²) in [6.45, 7) is 1.81. The lowest BCUT2D eigenvalue weighted by molar-refractivity contribution is 0.0962. The maximum absolute atomic E-state index is 12.4. The number of aryl methyl sites for hydroxylation is 1.